The molecule has 0 aromatic heterocycles. The van der Waals surface area contributed by atoms with E-state index in [4.69, 9.17) is 11.6 Å². The van der Waals surface area contributed by atoms with Crippen LogP contribution >= 0.6 is 0 Å². The van der Waals surface area contributed by atoms with Crippen LogP contribution in [0.5, 0.6) is 0 Å². The molecule has 1 aliphatic heterocycles. The first kappa shape index (κ1) is 8.55. The summed E-state index contributed by atoms with van der Waals surface area (Å²) in [6.07, 6.45) is 9.63. The van der Waals surface area contributed by atoms with Crippen LogP contribution in [0.25, 0.3) is 0 Å². The lowest BCUT2D eigenvalue weighted by Crippen LogP contribution is -2.27. The molecule has 12 heavy (non-hydrogen) atoms. The van der Waals surface area contributed by atoms with Crippen molar-refractivity contribution >= 4 is 5.71 Å². The first-order chi connectivity index (χ1) is 5.88. The summed E-state index contributed by atoms with van der Waals surface area (Å²) in [7, 11) is 0. The molecule has 0 atom stereocenters. The fraction of sp³-hybridized carbons (Fsp3) is 0.125. The van der Waals surface area contributed by atoms with E-state index >= 15 is 0 Å². The zero-order valence-electron chi connectivity index (χ0n) is 6.70. The Hall–Kier alpha value is -1.55. The highest BCUT2D eigenvalue weighted by Gasteiger charge is 2.02. The molecule has 0 aliphatic carbocycles. The molecular weight excluding hydrogens is 152 g/mol. The van der Waals surface area contributed by atoms with Crippen molar-refractivity contribution in [2.75, 3.05) is 0 Å². The van der Waals surface area contributed by atoms with Gasteiger partial charge in [0.1, 0.15) is 0 Å². The quantitative estimate of drug-likeness (QED) is 0.402. The number of nitrogens with one attached hydrogen (secondary N) is 1. The van der Waals surface area contributed by atoms with E-state index in [1.807, 2.05) is 18.2 Å². The highest BCUT2D eigenvalue weighted by molar-refractivity contribution is 6.00. The summed E-state index contributed by atoms with van der Waals surface area (Å²) in [5, 5.41) is 0. The Bertz CT molecular complexity index is 260. The van der Waals surface area contributed by atoms with Gasteiger partial charge in [-0.1, -0.05) is 12.2 Å². The Morgan fingerprint density at radius 3 is 3.08 bits per heavy atom. The van der Waals surface area contributed by atoms with Crippen molar-refractivity contribution < 1.29 is 0 Å². The lowest BCUT2D eigenvalue weighted by Gasteiger charge is -2.05. The van der Waals surface area contributed by atoms with Crippen molar-refractivity contribution in [1.82, 2.24) is 5.43 Å². The third-order valence-corrected chi connectivity index (χ3v) is 1.51. The van der Waals surface area contributed by atoms with Gasteiger partial charge in [-0.3, -0.25) is 10.8 Å². The standard InChI is InChI=1S/C8H12N4/c9-6-8(12-10)7-4-2-1-3-5-11-7/h1-3,5-6,12H,4,9-10H2/b8-6-. The van der Waals surface area contributed by atoms with Gasteiger partial charge in [0.2, 0.25) is 0 Å². The zero-order valence-corrected chi connectivity index (χ0v) is 6.70. The SMILES string of the molecule is N/C=C(\NN)C1=NC=CC=CC1. The second-order valence-electron chi connectivity index (χ2n) is 2.27. The molecule has 0 bridgehead atoms. The Morgan fingerprint density at radius 2 is 2.42 bits per heavy atom. The van der Waals surface area contributed by atoms with E-state index < -0.39 is 0 Å². The number of aliphatic imine (C=N–C) groups is 1. The summed E-state index contributed by atoms with van der Waals surface area (Å²) in [4.78, 5) is 4.15. The highest BCUT2D eigenvalue weighted by atomic mass is 15.2. The smallest absolute Gasteiger partial charge is 0.0861 e. The Kier molecular flexibility index (Phi) is 3.10. The lowest BCUT2D eigenvalue weighted by atomic mass is 10.2. The summed E-state index contributed by atoms with van der Waals surface area (Å²) < 4.78 is 0. The van der Waals surface area contributed by atoms with Gasteiger partial charge < -0.3 is 11.2 Å². The van der Waals surface area contributed by atoms with Gasteiger partial charge >= 0.3 is 0 Å². The molecule has 0 saturated carbocycles. The van der Waals surface area contributed by atoms with E-state index in [1.54, 1.807) is 6.20 Å². The van der Waals surface area contributed by atoms with E-state index in [0.29, 0.717) is 5.70 Å². The van der Waals surface area contributed by atoms with Gasteiger partial charge in [0.25, 0.3) is 0 Å². The van der Waals surface area contributed by atoms with Crippen molar-refractivity contribution in [3.8, 4) is 0 Å². The number of nitrogens with zero attached hydrogens (tertiary/aromatic N) is 1. The number of allylic oxidation sites excluding steroid dienone is 4. The molecule has 0 radical (unpaired) electrons. The number of hydrazine groups is 1. The maximum absolute atomic E-state index is 5.33. The average Bonchev–Trinajstić information content (AvgIpc) is 2.35. The van der Waals surface area contributed by atoms with Crippen LogP contribution in [0, 0.1) is 0 Å². The van der Waals surface area contributed by atoms with Gasteiger partial charge in [0.15, 0.2) is 0 Å². The van der Waals surface area contributed by atoms with Crippen molar-refractivity contribution in [3.05, 3.63) is 36.3 Å². The molecule has 0 aromatic rings. The van der Waals surface area contributed by atoms with Crippen molar-refractivity contribution in [2.45, 2.75) is 6.42 Å². The minimum atomic E-state index is 0.659. The van der Waals surface area contributed by atoms with E-state index in [0.717, 1.165) is 12.1 Å². The van der Waals surface area contributed by atoms with Gasteiger partial charge in [-0.2, -0.15) is 0 Å². The molecule has 0 aromatic carbocycles. The first-order valence-electron chi connectivity index (χ1n) is 3.65. The fourth-order valence-corrected chi connectivity index (χ4v) is 0.901. The van der Waals surface area contributed by atoms with Crippen molar-refractivity contribution in [3.63, 3.8) is 0 Å². The van der Waals surface area contributed by atoms with Crippen LogP contribution in [0.4, 0.5) is 0 Å². The zero-order chi connectivity index (χ0) is 8.81. The summed E-state index contributed by atoms with van der Waals surface area (Å²) >= 11 is 0. The second-order valence-corrected chi connectivity index (χ2v) is 2.27. The van der Waals surface area contributed by atoms with E-state index in [9.17, 15) is 0 Å². The predicted molar refractivity (Wildman–Crippen MR) is 49.9 cm³/mol. The molecule has 1 rings (SSSR count). The molecule has 0 amide bonds. The van der Waals surface area contributed by atoms with Crippen LogP contribution in [0.2, 0.25) is 0 Å². The maximum atomic E-state index is 5.33. The van der Waals surface area contributed by atoms with Crippen LogP contribution in [-0.4, -0.2) is 5.71 Å². The third kappa shape index (κ3) is 1.96. The Labute approximate surface area is 71.3 Å². The minimum absolute atomic E-state index is 0.659. The molecule has 0 saturated heterocycles. The molecule has 1 heterocycles. The number of hydrogen-bond acceptors (Lipinski definition) is 4. The fourth-order valence-electron chi connectivity index (χ4n) is 0.901. The molecule has 1 aliphatic rings. The highest BCUT2D eigenvalue weighted by Crippen LogP contribution is 2.02. The Morgan fingerprint density at radius 1 is 1.58 bits per heavy atom. The Balaban J connectivity index is 2.80. The molecule has 4 nitrogen and oxygen atoms in total. The summed E-state index contributed by atoms with van der Waals surface area (Å²) in [6.45, 7) is 0. The minimum Gasteiger partial charge on any atom is -0.403 e. The van der Waals surface area contributed by atoms with Gasteiger partial charge in [-0.25, -0.2) is 0 Å². The largest absolute Gasteiger partial charge is 0.403 e. The summed E-state index contributed by atoms with van der Waals surface area (Å²) in [5.74, 6) is 5.24. The van der Waals surface area contributed by atoms with Gasteiger partial charge in [-0.05, 0) is 6.08 Å². The van der Waals surface area contributed by atoms with Crippen LogP contribution in [-0.2, 0) is 0 Å². The maximum Gasteiger partial charge on any atom is 0.0861 e. The van der Waals surface area contributed by atoms with Crippen LogP contribution in [0.15, 0.2) is 41.3 Å². The third-order valence-electron chi connectivity index (χ3n) is 1.51. The van der Waals surface area contributed by atoms with Crippen molar-refractivity contribution in [1.29, 1.82) is 0 Å². The van der Waals surface area contributed by atoms with Crippen LogP contribution < -0.4 is 17.0 Å². The normalized spacial score (nSPS) is 17.1. The predicted octanol–water partition coefficient (Wildman–Crippen LogP) is 0.164. The molecular formula is C8H12N4. The topological polar surface area (TPSA) is 76.4 Å². The van der Waals surface area contributed by atoms with E-state index in [2.05, 4.69) is 10.4 Å². The average molecular weight is 164 g/mol. The second kappa shape index (κ2) is 4.35. The molecule has 64 valence electrons. The van der Waals surface area contributed by atoms with Gasteiger partial charge in [0.05, 0.1) is 11.4 Å². The monoisotopic (exact) mass is 164 g/mol. The number of nitrogens with two attached hydrogens (primary N) is 2. The van der Waals surface area contributed by atoms with E-state index in [1.165, 1.54) is 6.20 Å². The van der Waals surface area contributed by atoms with Gasteiger partial charge in [0, 0.05) is 18.8 Å². The number of rotatable bonds is 2. The summed E-state index contributed by atoms with van der Waals surface area (Å²) in [5.41, 5.74) is 9.31. The number of hydrogen-bond donors (Lipinski definition) is 3. The summed E-state index contributed by atoms with van der Waals surface area (Å²) in [6, 6.07) is 0. The molecule has 0 fully saturated rings. The lowest BCUT2D eigenvalue weighted by molar-refractivity contribution is 0.920. The van der Waals surface area contributed by atoms with Crippen LogP contribution in [0.1, 0.15) is 6.42 Å². The van der Waals surface area contributed by atoms with Gasteiger partial charge in [-0.15, -0.1) is 0 Å². The first-order valence-corrected chi connectivity index (χ1v) is 3.65. The van der Waals surface area contributed by atoms with Crippen molar-refractivity contribution in [2.24, 2.45) is 16.6 Å². The molecule has 0 unspecified atom stereocenters. The van der Waals surface area contributed by atoms with E-state index in [-0.39, 0.29) is 0 Å². The molecule has 5 N–H and O–H groups in total. The molecule has 4 heteroatoms. The van der Waals surface area contributed by atoms with Crippen LogP contribution in [0.3, 0.4) is 0 Å². The molecule has 0 spiro atoms.